The van der Waals surface area contributed by atoms with Crippen molar-refractivity contribution in [2.24, 2.45) is 0 Å². The minimum Gasteiger partial charge on any atom is -0.378 e. The summed E-state index contributed by atoms with van der Waals surface area (Å²) in [6.07, 6.45) is 0. The number of anilines is 3. The van der Waals surface area contributed by atoms with Crippen LogP contribution in [0.5, 0.6) is 0 Å². The van der Waals surface area contributed by atoms with Crippen LogP contribution < -0.4 is 16.0 Å². The Morgan fingerprint density at radius 2 is 2.10 bits per heavy atom. The molecule has 1 fully saturated rings. The maximum absolute atomic E-state index is 5.91. The molecule has 0 radical (unpaired) electrons. The molecule has 1 aliphatic heterocycles. The molecule has 9 heteroatoms. The van der Waals surface area contributed by atoms with E-state index in [1.807, 2.05) is 17.0 Å². The molecule has 21 heavy (non-hydrogen) atoms. The summed E-state index contributed by atoms with van der Waals surface area (Å²) < 4.78 is 6.08. The van der Waals surface area contributed by atoms with Crippen LogP contribution in [0, 0.1) is 0 Å². The van der Waals surface area contributed by atoms with E-state index in [1.165, 1.54) is 11.3 Å². The summed E-state index contributed by atoms with van der Waals surface area (Å²) in [7, 11) is 0. The van der Waals surface area contributed by atoms with Gasteiger partial charge in [0.2, 0.25) is 17.8 Å². The minimum atomic E-state index is 0.207. The summed E-state index contributed by atoms with van der Waals surface area (Å²) in [5.41, 5.74) is 5.76. The van der Waals surface area contributed by atoms with Gasteiger partial charge in [0.05, 0.1) is 24.1 Å². The van der Waals surface area contributed by atoms with Crippen LogP contribution in [0.15, 0.2) is 12.1 Å². The number of nitrogen functional groups attached to an aromatic ring is 1. The molecular weight excluding hydrogens is 312 g/mol. The van der Waals surface area contributed by atoms with Gasteiger partial charge in [-0.2, -0.15) is 15.0 Å². The summed E-state index contributed by atoms with van der Waals surface area (Å²) >= 11 is 7.42. The van der Waals surface area contributed by atoms with Gasteiger partial charge in [-0.1, -0.05) is 11.6 Å². The van der Waals surface area contributed by atoms with Gasteiger partial charge in [-0.3, -0.25) is 0 Å². The fourth-order valence-electron chi connectivity index (χ4n) is 1.98. The van der Waals surface area contributed by atoms with E-state index in [0.29, 0.717) is 31.7 Å². The molecule has 112 valence electrons. The average Bonchev–Trinajstić information content (AvgIpc) is 2.91. The van der Waals surface area contributed by atoms with E-state index in [4.69, 9.17) is 22.1 Å². The van der Waals surface area contributed by atoms with Crippen molar-refractivity contribution < 1.29 is 4.74 Å². The molecular formula is C12H15ClN6OS. The molecule has 0 atom stereocenters. The van der Waals surface area contributed by atoms with E-state index < -0.39 is 0 Å². The first-order chi connectivity index (χ1) is 10.2. The summed E-state index contributed by atoms with van der Waals surface area (Å²) in [4.78, 5) is 15.8. The summed E-state index contributed by atoms with van der Waals surface area (Å²) in [5.74, 6) is 1.25. The van der Waals surface area contributed by atoms with Crippen molar-refractivity contribution in [3.8, 4) is 0 Å². The molecule has 0 aromatic carbocycles. The van der Waals surface area contributed by atoms with E-state index in [-0.39, 0.29) is 5.95 Å². The number of thiophene rings is 1. The van der Waals surface area contributed by atoms with Crippen LogP contribution in [-0.2, 0) is 11.3 Å². The van der Waals surface area contributed by atoms with Crippen LogP contribution >= 0.6 is 22.9 Å². The average molecular weight is 327 g/mol. The van der Waals surface area contributed by atoms with Crippen LogP contribution in [0.4, 0.5) is 17.8 Å². The van der Waals surface area contributed by atoms with Gasteiger partial charge in [0.15, 0.2) is 0 Å². The number of halogens is 1. The van der Waals surface area contributed by atoms with Crippen molar-refractivity contribution in [2.75, 3.05) is 42.3 Å². The largest absolute Gasteiger partial charge is 0.378 e. The lowest BCUT2D eigenvalue weighted by molar-refractivity contribution is 0.122. The van der Waals surface area contributed by atoms with Crippen molar-refractivity contribution in [3.05, 3.63) is 21.3 Å². The standard InChI is InChI=1S/C12H15ClN6OS/c13-9-2-1-8(21-9)7-15-11-16-10(14)17-12(18-11)19-3-5-20-6-4-19/h1-2H,3-7H2,(H3,14,15,16,17,18). The number of hydrogen-bond donors (Lipinski definition) is 2. The van der Waals surface area contributed by atoms with Gasteiger partial charge in [-0.05, 0) is 12.1 Å². The molecule has 1 aliphatic rings. The molecule has 3 rings (SSSR count). The number of rotatable bonds is 4. The fraction of sp³-hybridized carbons (Fsp3) is 0.417. The Kier molecular flexibility index (Phi) is 4.37. The quantitative estimate of drug-likeness (QED) is 0.882. The highest BCUT2D eigenvalue weighted by molar-refractivity contribution is 7.16. The molecule has 2 aromatic rings. The Morgan fingerprint density at radius 3 is 2.81 bits per heavy atom. The van der Waals surface area contributed by atoms with Gasteiger partial charge in [0.1, 0.15) is 0 Å². The Hall–Kier alpha value is -1.64. The minimum absolute atomic E-state index is 0.207. The van der Waals surface area contributed by atoms with Crippen molar-refractivity contribution in [3.63, 3.8) is 0 Å². The maximum atomic E-state index is 5.91. The molecule has 3 N–H and O–H groups in total. The number of nitrogens with one attached hydrogen (secondary N) is 1. The normalized spacial score (nSPS) is 15.2. The zero-order valence-corrected chi connectivity index (χ0v) is 12.8. The number of aromatic nitrogens is 3. The summed E-state index contributed by atoms with van der Waals surface area (Å²) in [6, 6.07) is 3.83. The first-order valence-electron chi connectivity index (χ1n) is 6.53. The van der Waals surface area contributed by atoms with E-state index in [1.54, 1.807) is 0 Å². The zero-order valence-electron chi connectivity index (χ0n) is 11.3. The molecule has 2 aromatic heterocycles. The predicted molar refractivity (Wildman–Crippen MR) is 83.9 cm³/mol. The van der Waals surface area contributed by atoms with Crippen molar-refractivity contribution >= 4 is 40.8 Å². The highest BCUT2D eigenvalue weighted by atomic mass is 35.5. The van der Waals surface area contributed by atoms with Crippen LogP contribution in [0.2, 0.25) is 4.34 Å². The SMILES string of the molecule is Nc1nc(NCc2ccc(Cl)s2)nc(N2CCOCC2)n1. The van der Waals surface area contributed by atoms with Crippen molar-refractivity contribution in [2.45, 2.75) is 6.54 Å². The Balaban J connectivity index is 1.71. The highest BCUT2D eigenvalue weighted by Crippen LogP contribution is 2.22. The first kappa shape index (κ1) is 14.3. The molecule has 0 bridgehead atoms. The van der Waals surface area contributed by atoms with Crippen LogP contribution in [-0.4, -0.2) is 41.3 Å². The second-order valence-corrected chi connectivity index (χ2v) is 6.28. The van der Waals surface area contributed by atoms with E-state index in [2.05, 4.69) is 20.3 Å². The highest BCUT2D eigenvalue weighted by Gasteiger charge is 2.15. The lowest BCUT2D eigenvalue weighted by Gasteiger charge is -2.26. The monoisotopic (exact) mass is 326 g/mol. The predicted octanol–water partition coefficient (Wildman–Crippen LogP) is 1.62. The molecule has 3 heterocycles. The van der Waals surface area contributed by atoms with Gasteiger partial charge in [-0.15, -0.1) is 11.3 Å². The number of morpholine rings is 1. The Morgan fingerprint density at radius 1 is 1.29 bits per heavy atom. The lowest BCUT2D eigenvalue weighted by Crippen LogP contribution is -2.37. The van der Waals surface area contributed by atoms with Gasteiger partial charge >= 0.3 is 0 Å². The third-order valence-electron chi connectivity index (χ3n) is 2.98. The van der Waals surface area contributed by atoms with Crippen molar-refractivity contribution in [1.82, 2.24) is 15.0 Å². The topological polar surface area (TPSA) is 89.2 Å². The molecule has 0 saturated carbocycles. The third kappa shape index (κ3) is 3.72. The molecule has 0 aliphatic carbocycles. The summed E-state index contributed by atoms with van der Waals surface area (Å²) in [6.45, 7) is 3.44. The van der Waals surface area contributed by atoms with Gasteiger partial charge < -0.3 is 20.7 Å². The van der Waals surface area contributed by atoms with Crippen LogP contribution in [0.1, 0.15) is 4.88 Å². The number of hydrogen-bond acceptors (Lipinski definition) is 8. The Bertz CT molecular complexity index is 616. The molecule has 0 amide bonds. The Labute approximate surface area is 131 Å². The number of nitrogens with two attached hydrogens (primary N) is 1. The summed E-state index contributed by atoms with van der Waals surface area (Å²) in [5, 5.41) is 3.15. The third-order valence-corrected chi connectivity index (χ3v) is 4.22. The number of nitrogens with zero attached hydrogens (tertiary/aromatic N) is 4. The lowest BCUT2D eigenvalue weighted by atomic mass is 10.4. The van der Waals surface area contributed by atoms with E-state index in [9.17, 15) is 0 Å². The van der Waals surface area contributed by atoms with E-state index >= 15 is 0 Å². The molecule has 1 saturated heterocycles. The fourth-order valence-corrected chi connectivity index (χ4v) is 3.00. The van der Waals surface area contributed by atoms with Crippen LogP contribution in [0.3, 0.4) is 0 Å². The van der Waals surface area contributed by atoms with E-state index in [0.717, 1.165) is 22.3 Å². The zero-order chi connectivity index (χ0) is 14.7. The molecule has 0 spiro atoms. The van der Waals surface area contributed by atoms with Gasteiger partial charge in [0.25, 0.3) is 0 Å². The molecule has 7 nitrogen and oxygen atoms in total. The van der Waals surface area contributed by atoms with Gasteiger partial charge in [-0.25, -0.2) is 0 Å². The van der Waals surface area contributed by atoms with Crippen molar-refractivity contribution in [1.29, 1.82) is 0 Å². The maximum Gasteiger partial charge on any atom is 0.232 e. The first-order valence-corrected chi connectivity index (χ1v) is 7.72. The van der Waals surface area contributed by atoms with Crippen LogP contribution in [0.25, 0.3) is 0 Å². The van der Waals surface area contributed by atoms with Gasteiger partial charge in [0, 0.05) is 18.0 Å². The molecule has 0 unspecified atom stereocenters. The smallest absolute Gasteiger partial charge is 0.232 e. The second kappa shape index (κ2) is 6.42. The second-order valence-electron chi connectivity index (χ2n) is 4.48. The number of ether oxygens (including phenoxy) is 1.